The second kappa shape index (κ2) is 4.87. The van der Waals surface area contributed by atoms with Crippen LogP contribution in [-0.2, 0) is 0 Å². The Hall–Kier alpha value is -2.12. The number of pyridine rings is 1. The second-order valence-electron chi connectivity index (χ2n) is 4.35. The number of nitrogens with zero attached hydrogens (tertiary/aromatic N) is 1. The molecular formula is C17H12ClN. The van der Waals surface area contributed by atoms with Crippen LogP contribution in [0.25, 0.3) is 16.5 Å². The normalized spacial score (nSPS) is 10.6. The first-order valence-corrected chi connectivity index (χ1v) is 6.43. The molecule has 19 heavy (non-hydrogen) atoms. The lowest BCUT2D eigenvalue weighted by molar-refractivity contribution is 1.34. The molecule has 0 aliphatic heterocycles. The van der Waals surface area contributed by atoms with Crippen molar-refractivity contribution in [3.63, 3.8) is 0 Å². The quantitative estimate of drug-likeness (QED) is 0.639. The van der Waals surface area contributed by atoms with E-state index in [9.17, 15) is 0 Å². The molecule has 0 saturated carbocycles. The molecule has 3 aromatic rings. The van der Waals surface area contributed by atoms with Crippen molar-refractivity contribution in [1.82, 2.24) is 4.98 Å². The van der Waals surface area contributed by atoms with Crippen molar-refractivity contribution in [2.45, 2.75) is 0 Å². The highest BCUT2D eigenvalue weighted by molar-refractivity contribution is 6.35. The molecule has 0 saturated heterocycles. The van der Waals surface area contributed by atoms with Crippen molar-refractivity contribution in [2.24, 2.45) is 0 Å². The number of halogens is 1. The first-order chi connectivity index (χ1) is 9.25. The Labute approximate surface area is 117 Å². The number of benzene rings is 2. The van der Waals surface area contributed by atoms with Gasteiger partial charge in [0.2, 0.25) is 0 Å². The van der Waals surface area contributed by atoms with Gasteiger partial charge in [-0.15, -0.1) is 0 Å². The summed E-state index contributed by atoms with van der Waals surface area (Å²) >= 11 is 6.14. The Morgan fingerprint density at radius 3 is 2.47 bits per heavy atom. The highest BCUT2D eigenvalue weighted by Crippen LogP contribution is 2.25. The molecule has 0 amide bonds. The lowest BCUT2D eigenvalue weighted by Crippen LogP contribution is -1.91. The van der Waals surface area contributed by atoms with Crippen molar-refractivity contribution >= 4 is 28.1 Å². The molecule has 0 aliphatic rings. The number of fused-ring (bicyclic) bond motifs is 1. The van der Waals surface area contributed by atoms with Crippen molar-refractivity contribution in [3.05, 3.63) is 83.5 Å². The molecule has 0 radical (unpaired) electrons. The standard InChI is InChI=1S/C17H12ClN/c1-12(13-6-3-2-4-7-13)16-11-10-14-15(18)8-5-9-17(14)19-16/h2-11H,1H2. The zero-order valence-corrected chi connectivity index (χ0v) is 11.1. The average molecular weight is 266 g/mol. The fraction of sp³-hybridized carbons (Fsp3) is 0. The molecule has 0 aliphatic carbocycles. The van der Waals surface area contributed by atoms with E-state index in [1.54, 1.807) is 0 Å². The second-order valence-corrected chi connectivity index (χ2v) is 4.75. The van der Waals surface area contributed by atoms with E-state index in [4.69, 9.17) is 11.6 Å². The maximum Gasteiger partial charge on any atom is 0.0724 e. The Balaban J connectivity index is 2.09. The van der Waals surface area contributed by atoms with Gasteiger partial charge in [-0.3, -0.25) is 0 Å². The summed E-state index contributed by atoms with van der Waals surface area (Å²) in [7, 11) is 0. The number of hydrogen-bond acceptors (Lipinski definition) is 1. The van der Waals surface area contributed by atoms with Gasteiger partial charge < -0.3 is 0 Å². The zero-order chi connectivity index (χ0) is 13.2. The minimum absolute atomic E-state index is 0.724. The third-order valence-corrected chi connectivity index (χ3v) is 3.44. The van der Waals surface area contributed by atoms with Crippen LogP contribution in [0.3, 0.4) is 0 Å². The summed E-state index contributed by atoms with van der Waals surface area (Å²) < 4.78 is 0. The van der Waals surface area contributed by atoms with Crippen molar-refractivity contribution in [1.29, 1.82) is 0 Å². The van der Waals surface area contributed by atoms with Crippen LogP contribution < -0.4 is 0 Å². The largest absolute Gasteiger partial charge is 0.248 e. The minimum atomic E-state index is 0.724. The summed E-state index contributed by atoms with van der Waals surface area (Å²) in [5.41, 5.74) is 3.77. The topological polar surface area (TPSA) is 12.9 Å². The van der Waals surface area contributed by atoms with E-state index in [0.717, 1.165) is 32.8 Å². The molecule has 0 spiro atoms. The molecule has 92 valence electrons. The molecule has 0 atom stereocenters. The van der Waals surface area contributed by atoms with Gasteiger partial charge in [0, 0.05) is 16.0 Å². The van der Waals surface area contributed by atoms with Gasteiger partial charge in [-0.1, -0.05) is 54.6 Å². The zero-order valence-electron chi connectivity index (χ0n) is 10.3. The van der Waals surface area contributed by atoms with E-state index >= 15 is 0 Å². The van der Waals surface area contributed by atoms with E-state index < -0.39 is 0 Å². The molecule has 0 N–H and O–H groups in total. The van der Waals surface area contributed by atoms with Crippen molar-refractivity contribution in [3.8, 4) is 0 Å². The smallest absolute Gasteiger partial charge is 0.0724 e. The molecule has 2 heteroatoms. The van der Waals surface area contributed by atoms with Crippen LogP contribution >= 0.6 is 11.6 Å². The maximum absolute atomic E-state index is 6.14. The van der Waals surface area contributed by atoms with Gasteiger partial charge in [0.1, 0.15) is 0 Å². The van der Waals surface area contributed by atoms with E-state index in [0.29, 0.717) is 0 Å². The number of rotatable bonds is 2. The number of aromatic nitrogens is 1. The maximum atomic E-state index is 6.14. The molecule has 0 unspecified atom stereocenters. The third-order valence-electron chi connectivity index (χ3n) is 3.11. The van der Waals surface area contributed by atoms with Crippen molar-refractivity contribution in [2.75, 3.05) is 0 Å². The van der Waals surface area contributed by atoms with Gasteiger partial charge in [0.25, 0.3) is 0 Å². The summed E-state index contributed by atoms with van der Waals surface area (Å²) in [6.45, 7) is 4.13. The molecule has 1 nitrogen and oxygen atoms in total. The van der Waals surface area contributed by atoms with Gasteiger partial charge in [-0.25, -0.2) is 4.98 Å². The molecule has 2 aromatic carbocycles. The highest BCUT2D eigenvalue weighted by atomic mass is 35.5. The third kappa shape index (κ3) is 2.25. The van der Waals surface area contributed by atoms with Gasteiger partial charge >= 0.3 is 0 Å². The van der Waals surface area contributed by atoms with Crippen LogP contribution in [0.1, 0.15) is 11.3 Å². The summed E-state index contributed by atoms with van der Waals surface area (Å²) in [5, 5.41) is 1.69. The van der Waals surface area contributed by atoms with Crippen LogP contribution in [0.2, 0.25) is 5.02 Å². The molecule has 0 fully saturated rings. The summed E-state index contributed by atoms with van der Waals surface area (Å²) in [4.78, 5) is 4.63. The minimum Gasteiger partial charge on any atom is -0.248 e. The molecule has 0 bridgehead atoms. The fourth-order valence-electron chi connectivity index (χ4n) is 2.07. The van der Waals surface area contributed by atoms with Crippen LogP contribution in [0.5, 0.6) is 0 Å². The molecule has 1 aromatic heterocycles. The van der Waals surface area contributed by atoms with Gasteiger partial charge in [-0.2, -0.15) is 0 Å². The molecule has 3 rings (SSSR count). The van der Waals surface area contributed by atoms with Crippen LogP contribution in [0.15, 0.2) is 67.2 Å². The summed E-state index contributed by atoms with van der Waals surface area (Å²) in [5.74, 6) is 0. The predicted octanol–water partition coefficient (Wildman–Crippen LogP) is 4.95. The van der Waals surface area contributed by atoms with Gasteiger partial charge in [0.05, 0.1) is 11.2 Å². The molecule has 1 heterocycles. The lowest BCUT2D eigenvalue weighted by Gasteiger charge is -2.07. The van der Waals surface area contributed by atoms with E-state index in [1.165, 1.54) is 0 Å². The van der Waals surface area contributed by atoms with E-state index in [-0.39, 0.29) is 0 Å². The lowest BCUT2D eigenvalue weighted by atomic mass is 10.0. The van der Waals surface area contributed by atoms with Crippen LogP contribution in [-0.4, -0.2) is 4.98 Å². The van der Waals surface area contributed by atoms with E-state index in [2.05, 4.69) is 11.6 Å². The van der Waals surface area contributed by atoms with Crippen LogP contribution in [0.4, 0.5) is 0 Å². The Morgan fingerprint density at radius 2 is 1.68 bits per heavy atom. The van der Waals surface area contributed by atoms with Gasteiger partial charge in [-0.05, 0) is 29.8 Å². The van der Waals surface area contributed by atoms with Crippen LogP contribution in [0, 0.1) is 0 Å². The average Bonchev–Trinajstić information content (AvgIpc) is 2.47. The monoisotopic (exact) mass is 265 g/mol. The Bertz CT molecular complexity index is 748. The Kier molecular flexibility index (Phi) is 3.06. The first-order valence-electron chi connectivity index (χ1n) is 6.06. The van der Waals surface area contributed by atoms with Gasteiger partial charge in [0.15, 0.2) is 0 Å². The van der Waals surface area contributed by atoms with Crippen molar-refractivity contribution < 1.29 is 0 Å². The predicted molar refractivity (Wildman–Crippen MR) is 81.3 cm³/mol. The Morgan fingerprint density at radius 1 is 0.895 bits per heavy atom. The number of hydrogen-bond donors (Lipinski definition) is 0. The summed E-state index contributed by atoms with van der Waals surface area (Å²) in [6, 6.07) is 19.8. The van der Waals surface area contributed by atoms with E-state index in [1.807, 2.05) is 60.7 Å². The summed E-state index contributed by atoms with van der Waals surface area (Å²) in [6.07, 6.45) is 0. The SMILES string of the molecule is C=C(c1ccccc1)c1ccc2c(Cl)cccc2n1. The molecular weight excluding hydrogens is 254 g/mol. The fourth-order valence-corrected chi connectivity index (χ4v) is 2.31. The first kappa shape index (κ1) is 11.9. The highest BCUT2D eigenvalue weighted by Gasteiger charge is 2.06.